The molecule has 4 saturated heterocycles. The molecular formula is C78H102N14O7. The number of aryl methyl sites for hydroxylation is 5. The Labute approximate surface area is 584 Å². The number of fused-ring (bicyclic) bond motifs is 6. The van der Waals surface area contributed by atoms with Crippen molar-refractivity contribution in [1.29, 1.82) is 0 Å². The minimum Gasteiger partial charge on any atom is -0.490 e. The third kappa shape index (κ3) is 17.1. The summed E-state index contributed by atoms with van der Waals surface area (Å²) in [7, 11) is 13.0. The molecule has 526 valence electrons. The van der Waals surface area contributed by atoms with E-state index < -0.39 is 11.9 Å². The minimum absolute atomic E-state index is 0.0883. The van der Waals surface area contributed by atoms with Crippen molar-refractivity contribution in [3.63, 3.8) is 0 Å². The smallest absolute Gasteiger partial charge is 0.162 e. The van der Waals surface area contributed by atoms with Gasteiger partial charge in [-0.25, -0.2) is 0 Å². The molecule has 21 heteroatoms. The number of methoxy groups -OCH3 is 2. The van der Waals surface area contributed by atoms with E-state index in [1.165, 1.54) is 50.3 Å². The fourth-order valence-corrected chi connectivity index (χ4v) is 15.4. The van der Waals surface area contributed by atoms with Crippen molar-refractivity contribution in [3.8, 4) is 0 Å². The van der Waals surface area contributed by atoms with Gasteiger partial charge in [0.1, 0.15) is 11.2 Å². The molecule has 9 aromatic rings. The summed E-state index contributed by atoms with van der Waals surface area (Å²) in [4.78, 5) is 9.90. The number of hydrogen-bond acceptors (Lipinski definition) is 16. The van der Waals surface area contributed by atoms with Crippen LogP contribution in [0.4, 0.5) is 0 Å². The third-order valence-electron chi connectivity index (χ3n) is 21.3. The van der Waals surface area contributed by atoms with Gasteiger partial charge >= 0.3 is 0 Å². The number of benzene rings is 4. The van der Waals surface area contributed by atoms with Crippen LogP contribution in [-0.2, 0) is 127 Å². The van der Waals surface area contributed by atoms with E-state index in [0.717, 1.165) is 147 Å². The molecule has 2 N–H and O–H groups in total. The van der Waals surface area contributed by atoms with Gasteiger partial charge in [-0.15, -0.1) is 0 Å². The van der Waals surface area contributed by atoms with E-state index in [9.17, 15) is 10.2 Å². The van der Waals surface area contributed by atoms with Gasteiger partial charge in [-0.05, 0) is 72.9 Å². The molecule has 7 aliphatic heterocycles. The topological polar surface area (TPSA) is 189 Å². The summed E-state index contributed by atoms with van der Waals surface area (Å²) in [5.41, 5.74) is 13.2. The van der Waals surface area contributed by atoms with Crippen molar-refractivity contribution in [2.75, 3.05) is 73.2 Å². The Hall–Kier alpha value is -7.93. The maximum Gasteiger partial charge on any atom is 0.162 e. The first-order chi connectivity index (χ1) is 48.1. The van der Waals surface area contributed by atoms with Gasteiger partial charge in [-0.2, -0.15) is 25.5 Å². The van der Waals surface area contributed by atoms with Crippen LogP contribution < -0.4 is 0 Å². The number of nitrogens with zero attached hydrogens (tertiary/aromatic N) is 14. The van der Waals surface area contributed by atoms with Crippen LogP contribution in [-0.4, -0.2) is 164 Å². The van der Waals surface area contributed by atoms with Crippen LogP contribution >= 0.6 is 0 Å². The third-order valence-corrected chi connectivity index (χ3v) is 21.3. The van der Waals surface area contributed by atoms with Crippen LogP contribution in [0.1, 0.15) is 119 Å². The Morgan fingerprint density at radius 1 is 0.485 bits per heavy atom. The highest BCUT2D eigenvalue weighted by molar-refractivity contribution is 5.53. The second-order valence-corrected chi connectivity index (χ2v) is 27.6. The monoisotopic (exact) mass is 1350 g/mol. The largest absolute Gasteiger partial charge is 0.490 e. The van der Waals surface area contributed by atoms with Crippen LogP contribution in [0.2, 0.25) is 0 Å². The quantitative estimate of drug-likeness (QED) is 0.104. The highest BCUT2D eigenvalue weighted by Gasteiger charge is 2.47. The van der Waals surface area contributed by atoms with Crippen molar-refractivity contribution in [2.24, 2.45) is 35.2 Å². The van der Waals surface area contributed by atoms with Gasteiger partial charge in [0, 0.05) is 212 Å². The number of aromatic nitrogens is 10. The first kappa shape index (κ1) is 70.9. The van der Waals surface area contributed by atoms with Crippen molar-refractivity contribution < 1.29 is 33.9 Å². The van der Waals surface area contributed by atoms with Crippen LogP contribution in [0.3, 0.4) is 0 Å². The average Bonchev–Trinajstić information content (AvgIpc) is 1.73. The summed E-state index contributed by atoms with van der Waals surface area (Å²) < 4.78 is 38.4. The molecule has 99 heavy (non-hydrogen) atoms. The molecule has 0 radical (unpaired) electrons. The van der Waals surface area contributed by atoms with Crippen molar-refractivity contribution in [2.45, 2.75) is 132 Å². The zero-order valence-electron chi connectivity index (χ0n) is 59.1. The maximum atomic E-state index is 11.3. The number of likely N-dealkylation sites (tertiary alicyclic amines) is 4. The lowest BCUT2D eigenvalue weighted by molar-refractivity contribution is -0.216. The standard InChI is InChI=1S/C20H29N3O3.C18H23N3O2.C18H23N3O.C18H21N3O.C4H6N2/c1-22-18(13-19(25-2)26-3)17(14-21-22)20(24)9-11-23(12-10-20)15-16-7-5-4-6-8-16;1-20-16-11-17(22)23-18(15(16)12-19-20)7-9-21(10-8-18)13-14-5-3-2-4-6-14;2*1-20-17-7-12-22-18(16(17)13-19-20)8-10-21(11-9-18)14-15-5-3-2-4-6-15;1-6-4-2-3-5-6/h4-8,14,19,24H,9-13,15H2,1-3H3;2-6,12,17,22H,7-11,13H2,1H3;2-6,13H,7-12,14H2,1H3;2-7,12-13H,8-11,14H2,1H3;2-4H,1H3. The number of rotatable bonds is 13. The van der Waals surface area contributed by atoms with E-state index >= 15 is 0 Å². The van der Waals surface area contributed by atoms with E-state index in [-0.39, 0.29) is 23.1 Å². The fraction of sp³-hybridized carbons (Fsp3) is 0.474. The lowest BCUT2D eigenvalue weighted by Gasteiger charge is -2.45. The predicted molar refractivity (Wildman–Crippen MR) is 381 cm³/mol. The lowest BCUT2D eigenvalue weighted by atomic mass is 9.82. The summed E-state index contributed by atoms with van der Waals surface area (Å²) in [5.74, 6) is 0. The number of hydrogen-bond donors (Lipinski definition) is 2. The van der Waals surface area contributed by atoms with Gasteiger partial charge in [0.2, 0.25) is 0 Å². The SMILES string of the molecule is COC(Cc1c(C2(O)CCN(Cc3ccccc3)CC2)cnn1C)OC.Cn1cccn1.Cn1ncc2c1C=COC21CCN(Cc2ccccc2)CC1.Cn1ncc2c1CC(O)OC21CCN(Cc2ccccc2)CC1.Cn1ncc2c1CCOC21CCN(Cc2ccccc2)CC1. The van der Waals surface area contributed by atoms with Gasteiger partial charge in [0.25, 0.3) is 0 Å². The Bertz CT molecular complexity index is 3930. The molecule has 0 amide bonds. The molecule has 1 atom stereocenters. The van der Waals surface area contributed by atoms with Gasteiger partial charge < -0.3 is 33.9 Å². The van der Waals surface area contributed by atoms with Crippen molar-refractivity contribution >= 4 is 6.08 Å². The van der Waals surface area contributed by atoms with Gasteiger partial charge in [-0.3, -0.25) is 43.0 Å². The van der Waals surface area contributed by atoms with Crippen LogP contribution in [0.5, 0.6) is 0 Å². The number of aliphatic hydroxyl groups excluding tert-OH is 1. The van der Waals surface area contributed by atoms with Gasteiger partial charge in [-0.1, -0.05) is 121 Å². The second kappa shape index (κ2) is 32.6. The molecule has 0 aliphatic carbocycles. The normalized spacial score (nSPS) is 19.8. The Kier molecular flexibility index (Phi) is 23.3. The highest BCUT2D eigenvalue weighted by Crippen LogP contribution is 2.45. The zero-order valence-corrected chi connectivity index (χ0v) is 59.1. The Balaban J connectivity index is 0.000000122. The number of aliphatic hydroxyl groups is 2. The number of piperidine rings is 4. The zero-order chi connectivity index (χ0) is 68.8. The summed E-state index contributed by atoms with van der Waals surface area (Å²) in [6, 6.07) is 44.3. The molecule has 0 saturated carbocycles. The van der Waals surface area contributed by atoms with Gasteiger partial charge in [0.05, 0.1) is 54.6 Å². The molecule has 7 aliphatic rings. The first-order valence-corrected chi connectivity index (χ1v) is 35.3. The average molecular weight is 1350 g/mol. The molecule has 5 aromatic heterocycles. The molecule has 1 unspecified atom stereocenters. The summed E-state index contributed by atoms with van der Waals surface area (Å²) >= 11 is 0. The second-order valence-electron chi connectivity index (χ2n) is 27.6. The molecule has 16 rings (SSSR count). The fourth-order valence-electron chi connectivity index (χ4n) is 15.4. The van der Waals surface area contributed by atoms with E-state index in [2.05, 4.69) is 160 Å². The van der Waals surface area contributed by atoms with E-state index in [4.69, 9.17) is 23.7 Å². The Morgan fingerprint density at radius 3 is 1.37 bits per heavy atom. The van der Waals surface area contributed by atoms with Crippen LogP contribution in [0.25, 0.3) is 6.08 Å². The van der Waals surface area contributed by atoms with Crippen LogP contribution in [0, 0.1) is 0 Å². The van der Waals surface area contributed by atoms with Crippen LogP contribution in [0.15, 0.2) is 171 Å². The molecule has 0 bridgehead atoms. The van der Waals surface area contributed by atoms with E-state index in [0.29, 0.717) is 25.7 Å². The van der Waals surface area contributed by atoms with Crippen molar-refractivity contribution in [3.05, 3.63) is 238 Å². The minimum atomic E-state index is -0.844. The molecule has 4 fully saturated rings. The summed E-state index contributed by atoms with van der Waals surface area (Å²) in [6.07, 6.45) is 23.6. The predicted octanol–water partition coefficient (Wildman–Crippen LogP) is 9.68. The molecular weight excluding hydrogens is 1240 g/mol. The molecule has 4 aromatic carbocycles. The molecule has 3 spiro atoms. The van der Waals surface area contributed by atoms with E-state index in [1.54, 1.807) is 31.3 Å². The van der Waals surface area contributed by atoms with E-state index in [1.807, 2.05) is 103 Å². The molecule has 12 heterocycles. The van der Waals surface area contributed by atoms with Crippen molar-refractivity contribution in [1.82, 2.24) is 68.5 Å². The lowest BCUT2D eigenvalue weighted by Crippen LogP contribution is -2.48. The first-order valence-electron chi connectivity index (χ1n) is 35.3. The summed E-state index contributed by atoms with van der Waals surface area (Å²) in [6.45, 7) is 12.7. The highest BCUT2D eigenvalue weighted by atomic mass is 16.7. The maximum absolute atomic E-state index is 11.3. The molecule has 21 nitrogen and oxygen atoms in total. The number of ether oxygens (including phenoxy) is 5. The summed E-state index contributed by atoms with van der Waals surface area (Å²) in [5, 5.41) is 42.9. The Morgan fingerprint density at radius 2 is 0.909 bits per heavy atom. The van der Waals surface area contributed by atoms with Gasteiger partial charge in [0.15, 0.2) is 12.6 Å².